The zero-order valence-corrected chi connectivity index (χ0v) is 8.29. The summed E-state index contributed by atoms with van der Waals surface area (Å²) in [6.07, 6.45) is 4.81. The van der Waals surface area contributed by atoms with Gasteiger partial charge in [0.1, 0.15) is 0 Å². The molecule has 0 saturated heterocycles. The number of aromatic nitrogens is 2. The van der Waals surface area contributed by atoms with E-state index in [-0.39, 0.29) is 5.56 Å². The SMILES string of the molecule is Nc1cc(C(=O)O)cc(N)c1-n1ccnc1. The van der Waals surface area contributed by atoms with E-state index >= 15 is 0 Å². The standard InChI is InChI=1S/C10H10N4O2/c11-7-3-6(10(15)16)4-8(12)9(7)14-2-1-13-5-14/h1-5H,11-12H2,(H,15,16). The van der Waals surface area contributed by atoms with Crippen LogP contribution in [-0.4, -0.2) is 20.6 Å². The fourth-order valence-corrected chi connectivity index (χ4v) is 1.49. The minimum absolute atomic E-state index is 0.0684. The number of nitrogens with zero attached hydrogens (tertiary/aromatic N) is 2. The fourth-order valence-electron chi connectivity index (χ4n) is 1.49. The summed E-state index contributed by atoms with van der Waals surface area (Å²) in [6.45, 7) is 0. The molecule has 0 saturated carbocycles. The molecule has 16 heavy (non-hydrogen) atoms. The van der Waals surface area contributed by atoms with Crippen LogP contribution < -0.4 is 11.5 Å². The predicted molar refractivity (Wildman–Crippen MR) is 59.3 cm³/mol. The molecule has 0 aliphatic carbocycles. The maximum absolute atomic E-state index is 10.8. The van der Waals surface area contributed by atoms with Crippen LogP contribution in [0, 0.1) is 0 Å². The molecule has 1 aromatic carbocycles. The zero-order chi connectivity index (χ0) is 11.7. The molecule has 0 amide bonds. The van der Waals surface area contributed by atoms with Crippen LogP contribution in [0.5, 0.6) is 0 Å². The summed E-state index contributed by atoms with van der Waals surface area (Å²) in [5.41, 5.74) is 12.7. The molecule has 1 aromatic heterocycles. The van der Waals surface area contributed by atoms with Gasteiger partial charge in [0.15, 0.2) is 0 Å². The van der Waals surface area contributed by atoms with Gasteiger partial charge < -0.3 is 21.1 Å². The molecule has 0 aliphatic heterocycles. The molecule has 0 unspecified atom stereocenters. The lowest BCUT2D eigenvalue weighted by atomic mass is 10.1. The summed E-state index contributed by atoms with van der Waals surface area (Å²) in [4.78, 5) is 14.6. The summed E-state index contributed by atoms with van der Waals surface area (Å²) in [7, 11) is 0. The Morgan fingerprint density at radius 3 is 2.38 bits per heavy atom. The molecular formula is C10H10N4O2. The second-order valence-corrected chi connectivity index (χ2v) is 3.28. The van der Waals surface area contributed by atoms with Crippen LogP contribution in [-0.2, 0) is 0 Å². The lowest BCUT2D eigenvalue weighted by Gasteiger charge is -2.10. The lowest BCUT2D eigenvalue weighted by Crippen LogP contribution is -2.06. The number of carboxylic acid groups (broad SMARTS) is 1. The Hall–Kier alpha value is -2.50. The van der Waals surface area contributed by atoms with Gasteiger partial charge in [-0.25, -0.2) is 9.78 Å². The number of nitrogens with two attached hydrogens (primary N) is 2. The number of carbonyl (C=O) groups is 1. The number of rotatable bonds is 2. The van der Waals surface area contributed by atoms with Crippen LogP contribution >= 0.6 is 0 Å². The topological polar surface area (TPSA) is 107 Å². The molecule has 0 spiro atoms. The highest BCUT2D eigenvalue weighted by Crippen LogP contribution is 2.26. The molecule has 0 radical (unpaired) electrons. The van der Waals surface area contributed by atoms with Gasteiger partial charge in [-0.15, -0.1) is 0 Å². The second-order valence-electron chi connectivity index (χ2n) is 3.28. The van der Waals surface area contributed by atoms with E-state index in [0.717, 1.165) is 0 Å². The van der Waals surface area contributed by atoms with Crippen molar-refractivity contribution in [2.75, 3.05) is 11.5 Å². The Kier molecular flexibility index (Phi) is 2.24. The average molecular weight is 218 g/mol. The van der Waals surface area contributed by atoms with Crippen molar-refractivity contribution in [3.63, 3.8) is 0 Å². The molecule has 0 atom stereocenters. The number of imidazole rings is 1. The van der Waals surface area contributed by atoms with E-state index in [1.165, 1.54) is 12.1 Å². The summed E-state index contributed by atoms with van der Waals surface area (Å²) in [5.74, 6) is -1.06. The first kappa shape index (κ1) is 10.0. The van der Waals surface area contributed by atoms with Gasteiger partial charge in [-0.3, -0.25) is 0 Å². The molecule has 6 heteroatoms. The lowest BCUT2D eigenvalue weighted by molar-refractivity contribution is 0.0697. The van der Waals surface area contributed by atoms with Gasteiger partial charge in [-0.2, -0.15) is 0 Å². The largest absolute Gasteiger partial charge is 0.478 e. The monoisotopic (exact) mass is 218 g/mol. The van der Waals surface area contributed by atoms with Crippen molar-refractivity contribution in [1.29, 1.82) is 0 Å². The molecule has 82 valence electrons. The number of benzene rings is 1. The third-order valence-electron chi connectivity index (χ3n) is 2.18. The van der Waals surface area contributed by atoms with E-state index in [2.05, 4.69) is 4.98 Å². The smallest absolute Gasteiger partial charge is 0.335 e. The van der Waals surface area contributed by atoms with E-state index in [9.17, 15) is 4.79 Å². The Bertz CT molecular complexity index is 511. The minimum atomic E-state index is -1.06. The van der Waals surface area contributed by atoms with E-state index in [4.69, 9.17) is 16.6 Å². The number of hydrogen-bond donors (Lipinski definition) is 3. The van der Waals surface area contributed by atoms with E-state index in [1.807, 2.05) is 0 Å². The van der Waals surface area contributed by atoms with Crippen molar-refractivity contribution >= 4 is 17.3 Å². The zero-order valence-electron chi connectivity index (χ0n) is 8.29. The molecule has 5 N–H and O–H groups in total. The molecule has 2 aromatic rings. The first-order valence-corrected chi connectivity index (χ1v) is 4.50. The van der Waals surface area contributed by atoms with Crippen molar-refractivity contribution in [3.8, 4) is 5.69 Å². The van der Waals surface area contributed by atoms with E-state index < -0.39 is 5.97 Å². The highest BCUT2D eigenvalue weighted by Gasteiger charge is 2.11. The third-order valence-corrected chi connectivity index (χ3v) is 2.18. The maximum atomic E-state index is 10.8. The summed E-state index contributed by atoms with van der Waals surface area (Å²) >= 11 is 0. The van der Waals surface area contributed by atoms with Crippen molar-refractivity contribution < 1.29 is 9.90 Å². The predicted octanol–water partition coefficient (Wildman–Crippen LogP) is 0.735. The molecule has 6 nitrogen and oxygen atoms in total. The Balaban J connectivity index is 2.61. The highest BCUT2D eigenvalue weighted by atomic mass is 16.4. The normalized spacial score (nSPS) is 10.2. The Labute approximate surface area is 91.1 Å². The first-order valence-electron chi connectivity index (χ1n) is 4.50. The Morgan fingerprint density at radius 1 is 1.31 bits per heavy atom. The van der Waals surface area contributed by atoms with E-state index in [1.54, 1.807) is 23.3 Å². The second kappa shape index (κ2) is 3.58. The van der Waals surface area contributed by atoms with Gasteiger partial charge >= 0.3 is 5.97 Å². The van der Waals surface area contributed by atoms with Gasteiger partial charge in [0.05, 0.1) is 29.0 Å². The van der Waals surface area contributed by atoms with Gasteiger partial charge in [-0.1, -0.05) is 0 Å². The summed E-state index contributed by atoms with van der Waals surface area (Å²) in [6, 6.07) is 2.74. The number of nitrogen functional groups attached to an aromatic ring is 2. The molecule has 0 bridgehead atoms. The van der Waals surface area contributed by atoms with Gasteiger partial charge in [0.25, 0.3) is 0 Å². The molecule has 0 aliphatic rings. The summed E-state index contributed by atoms with van der Waals surface area (Å²) in [5, 5.41) is 8.82. The van der Waals surface area contributed by atoms with Crippen molar-refractivity contribution in [3.05, 3.63) is 36.4 Å². The van der Waals surface area contributed by atoms with E-state index in [0.29, 0.717) is 17.1 Å². The molecular weight excluding hydrogens is 208 g/mol. The number of aromatic carboxylic acids is 1. The Morgan fingerprint density at radius 2 is 1.94 bits per heavy atom. The summed E-state index contributed by atoms with van der Waals surface area (Å²) < 4.78 is 1.64. The van der Waals surface area contributed by atoms with Crippen LogP contribution in [0.15, 0.2) is 30.9 Å². The van der Waals surface area contributed by atoms with Crippen LogP contribution in [0.2, 0.25) is 0 Å². The number of carboxylic acids is 1. The van der Waals surface area contributed by atoms with Crippen molar-refractivity contribution in [1.82, 2.24) is 9.55 Å². The van der Waals surface area contributed by atoms with Crippen LogP contribution in [0.1, 0.15) is 10.4 Å². The van der Waals surface area contributed by atoms with Crippen molar-refractivity contribution in [2.24, 2.45) is 0 Å². The minimum Gasteiger partial charge on any atom is -0.478 e. The van der Waals surface area contributed by atoms with Crippen LogP contribution in [0.4, 0.5) is 11.4 Å². The molecule has 1 heterocycles. The van der Waals surface area contributed by atoms with Crippen LogP contribution in [0.3, 0.4) is 0 Å². The van der Waals surface area contributed by atoms with Gasteiger partial charge in [-0.05, 0) is 12.1 Å². The first-order chi connectivity index (χ1) is 7.59. The van der Waals surface area contributed by atoms with Crippen molar-refractivity contribution in [2.45, 2.75) is 0 Å². The van der Waals surface area contributed by atoms with Gasteiger partial charge in [0, 0.05) is 12.4 Å². The highest BCUT2D eigenvalue weighted by molar-refractivity contribution is 5.92. The fraction of sp³-hybridized carbons (Fsp3) is 0. The third kappa shape index (κ3) is 1.56. The number of hydrogen-bond acceptors (Lipinski definition) is 4. The van der Waals surface area contributed by atoms with Crippen LogP contribution in [0.25, 0.3) is 5.69 Å². The number of anilines is 2. The molecule has 2 rings (SSSR count). The quantitative estimate of drug-likeness (QED) is 0.644. The average Bonchev–Trinajstić information content (AvgIpc) is 2.69. The van der Waals surface area contributed by atoms with Gasteiger partial charge in [0.2, 0.25) is 0 Å². The maximum Gasteiger partial charge on any atom is 0.335 e. The molecule has 0 fully saturated rings.